The lowest BCUT2D eigenvalue weighted by Gasteiger charge is -2.19. The van der Waals surface area contributed by atoms with Crippen LogP contribution in [0.15, 0.2) is 103 Å². The van der Waals surface area contributed by atoms with Crippen LogP contribution in [0.5, 0.6) is 0 Å². The van der Waals surface area contributed by atoms with Gasteiger partial charge in [0.05, 0.1) is 30.8 Å². The van der Waals surface area contributed by atoms with E-state index in [1.807, 2.05) is 65.3 Å². The van der Waals surface area contributed by atoms with E-state index in [0.29, 0.717) is 35.7 Å². The average Bonchev–Trinajstić information content (AvgIpc) is 3.43. The fourth-order valence-electron chi connectivity index (χ4n) is 5.02. The number of imidazole rings is 1. The van der Waals surface area contributed by atoms with Crippen molar-refractivity contribution in [3.05, 3.63) is 119 Å². The average molecular weight is 576 g/mol. The number of benzene rings is 1. The summed E-state index contributed by atoms with van der Waals surface area (Å²) in [6.45, 7) is 1.47. The fraction of sp³-hybridized carbons (Fsp3) is 0.156. The second-order valence-corrected chi connectivity index (χ2v) is 9.99. The molecule has 1 aromatic carbocycles. The van der Waals surface area contributed by atoms with Gasteiger partial charge in [-0.1, -0.05) is 36.4 Å². The predicted molar refractivity (Wildman–Crippen MR) is 165 cm³/mol. The Morgan fingerprint density at radius 3 is 2.72 bits per heavy atom. The van der Waals surface area contributed by atoms with Crippen molar-refractivity contribution in [1.82, 2.24) is 23.9 Å². The molecule has 216 valence electrons. The van der Waals surface area contributed by atoms with Gasteiger partial charge in [-0.05, 0) is 34.7 Å². The lowest BCUT2D eigenvalue weighted by molar-refractivity contribution is 0.201. The van der Waals surface area contributed by atoms with Crippen molar-refractivity contribution in [2.24, 2.45) is 0 Å². The van der Waals surface area contributed by atoms with Crippen LogP contribution in [0.25, 0.3) is 27.5 Å². The minimum Gasteiger partial charge on any atom is -0.465 e. The second-order valence-electron chi connectivity index (χ2n) is 9.99. The third-order valence-corrected chi connectivity index (χ3v) is 7.11. The van der Waals surface area contributed by atoms with Crippen LogP contribution < -0.4 is 15.8 Å². The number of carboxylic acid groups (broad SMARTS) is 1. The van der Waals surface area contributed by atoms with E-state index in [4.69, 9.17) is 4.74 Å². The van der Waals surface area contributed by atoms with Gasteiger partial charge in [-0.2, -0.15) is 0 Å². The monoisotopic (exact) mass is 575 g/mol. The molecule has 43 heavy (non-hydrogen) atoms. The minimum atomic E-state index is -1.12. The van der Waals surface area contributed by atoms with Gasteiger partial charge < -0.3 is 24.1 Å². The van der Waals surface area contributed by atoms with E-state index in [1.165, 1.54) is 4.90 Å². The van der Waals surface area contributed by atoms with Crippen molar-refractivity contribution >= 4 is 34.0 Å². The molecule has 1 amide bonds. The number of nitrogens with zero attached hydrogens (tertiary/aromatic N) is 6. The molecule has 0 spiro atoms. The van der Waals surface area contributed by atoms with Crippen LogP contribution in [0.2, 0.25) is 0 Å². The summed E-state index contributed by atoms with van der Waals surface area (Å²) in [5.74, 6) is 0.307. The van der Waals surface area contributed by atoms with Gasteiger partial charge in [-0.25, -0.2) is 14.8 Å². The van der Waals surface area contributed by atoms with Gasteiger partial charge in [-0.3, -0.25) is 14.7 Å². The molecule has 0 saturated heterocycles. The van der Waals surface area contributed by atoms with Crippen LogP contribution in [-0.2, 0) is 17.8 Å². The van der Waals surface area contributed by atoms with E-state index < -0.39 is 6.09 Å². The molecule has 0 radical (unpaired) electrons. The van der Waals surface area contributed by atoms with E-state index in [1.54, 1.807) is 48.6 Å². The van der Waals surface area contributed by atoms with Crippen LogP contribution >= 0.6 is 0 Å². The lowest BCUT2D eigenvalue weighted by Crippen LogP contribution is -2.29. The summed E-state index contributed by atoms with van der Waals surface area (Å²) in [4.78, 5) is 40.0. The van der Waals surface area contributed by atoms with Crippen molar-refractivity contribution in [3.63, 3.8) is 0 Å². The van der Waals surface area contributed by atoms with E-state index in [2.05, 4.69) is 20.3 Å². The van der Waals surface area contributed by atoms with Crippen molar-refractivity contribution in [3.8, 4) is 11.1 Å². The van der Waals surface area contributed by atoms with E-state index in [9.17, 15) is 14.7 Å². The van der Waals surface area contributed by atoms with Gasteiger partial charge in [0.1, 0.15) is 11.5 Å². The molecule has 6 rings (SSSR count). The topological polar surface area (TPSA) is 127 Å². The number of nitrogens with one attached hydrogen (secondary N) is 1. The molecule has 6 aromatic rings. The maximum absolute atomic E-state index is 13.4. The molecule has 2 N–H and O–H groups in total. The fourth-order valence-corrected chi connectivity index (χ4v) is 5.02. The number of hydrogen-bond donors (Lipinski definition) is 2. The number of methoxy groups -OCH3 is 1. The molecule has 0 atom stereocenters. The molecule has 0 aliphatic carbocycles. The predicted octanol–water partition coefficient (Wildman–Crippen LogP) is 4.90. The van der Waals surface area contributed by atoms with Crippen LogP contribution in [0.3, 0.4) is 0 Å². The Kier molecular flexibility index (Phi) is 7.79. The normalized spacial score (nSPS) is 11.2. The largest absolute Gasteiger partial charge is 0.465 e. The zero-order chi connectivity index (χ0) is 29.8. The first-order chi connectivity index (χ1) is 21.0. The Labute approximate surface area is 246 Å². The molecule has 0 unspecified atom stereocenters. The van der Waals surface area contributed by atoms with Crippen molar-refractivity contribution in [2.45, 2.75) is 13.1 Å². The van der Waals surface area contributed by atoms with Crippen LogP contribution in [-0.4, -0.2) is 55.4 Å². The van der Waals surface area contributed by atoms with Crippen LogP contribution in [0.1, 0.15) is 11.3 Å². The molecule has 0 aliphatic heterocycles. The highest BCUT2D eigenvalue weighted by Gasteiger charge is 2.18. The number of amides is 1. The lowest BCUT2D eigenvalue weighted by atomic mass is 10.0. The summed E-state index contributed by atoms with van der Waals surface area (Å²) in [6, 6.07) is 18.9. The highest BCUT2D eigenvalue weighted by molar-refractivity contribution is 5.95. The van der Waals surface area contributed by atoms with Gasteiger partial charge in [0.15, 0.2) is 0 Å². The zero-order valence-electron chi connectivity index (χ0n) is 23.4. The Balaban J connectivity index is 1.23. The first-order valence-corrected chi connectivity index (χ1v) is 13.7. The minimum absolute atomic E-state index is 0.0915. The Morgan fingerprint density at radius 1 is 1.05 bits per heavy atom. The highest BCUT2D eigenvalue weighted by atomic mass is 16.5. The summed E-state index contributed by atoms with van der Waals surface area (Å²) in [7, 11) is 1.62. The van der Waals surface area contributed by atoms with Crippen molar-refractivity contribution in [2.75, 3.05) is 30.5 Å². The maximum atomic E-state index is 13.4. The summed E-state index contributed by atoms with van der Waals surface area (Å²) >= 11 is 0. The van der Waals surface area contributed by atoms with Gasteiger partial charge in [-0.15, -0.1) is 0 Å². The summed E-state index contributed by atoms with van der Waals surface area (Å²) in [5.41, 5.74) is 4.63. The van der Waals surface area contributed by atoms with Gasteiger partial charge in [0.2, 0.25) is 0 Å². The Morgan fingerprint density at radius 2 is 1.91 bits per heavy atom. The zero-order valence-corrected chi connectivity index (χ0v) is 23.4. The molecule has 5 heterocycles. The molecular weight excluding hydrogens is 546 g/mol. The molecule has 0 aliphatic rings. The second kappa shape index (κ2) is 12.1. The van der Waals surface area contributed by atoms with Gasteiger partial charge >= 0.3 is 6.09 Å². The Bertz CT molecular complexity index is 1970. The number of fused-ring (bicyclic) bond motifs is 2. The quantitative estimate of drug-likeness (QED) is 0.221. The molecule has 11 nitrogen and oxygen atoms in total. The number of aromatic nitrogens is 5. The molecule has 0 fully saturated rings. The number of pyridine rings is 4. The molecular formula is C32H29N7O4. The third-order valence-electron chi connectivity index (χ3n) is 7.11. The molecule has 0 saturated carbocycles. The maximum Gasteiger partial charge on any atom is 0.413 e. The molecule has 0 bridgehead atoms. The first-order valence-electron chi connectivity index (χ1n) is 13.7. The van der Waals surface area contributed by atoms with E-state index in [-0.39, 0.29) is 18.6 Å². The summed E-state index contributed by atoms with van der Waals surface area (Å²) in [5, 5.41) is 14.5. The number of anilines is 2. The highest BCUT2D eigenvalue weighted by Crippen LogP contribution is 2.26. The summed E-state index contributed by atoms with van der Waals surface area (Å²) in [6.07, 6.45) is 9.29. The standard InChI is InChI=1S/C32H29N7O4/c1-43-14-12-34-24-9-11-35-30(15-24)39(32(41)42)19-22-7-8-29-36-25(21-38(29)18-22)20-37-13-10-26-27(23-5-3-2-4-6-23)16-33-17-28(26)31(37)40/h2-11,13,15-18,21H,12,14,19-20H2,1H3,(H,34,35)(H,41,42). The first kappa shape index (κ1) is 27.6. The summed E-state index contributed by atoms with van der Waals surface area (Å²) < 4.78 is 8.51. The van der Waals surface area contributed by atoms with E-state index >= 15 is 0 Å². The molecule has 11 heteroatoms. The number of hydrogen-bond acceptors (Lipinski definition) is 7. The van der Waals surface area contributed by atoms with E-state index in [0.717, 1.165) is 27.8 Å². The SMILES string of the molecule is COCCNc1ccnc(N(Cc2ccc3nc(Cn4ccc5c(-c6ccccc6)cncc5c4=O)cn3c2)C(=O)O)c1. The Hall–Kier alpha value is -5.55. The number of ether oxygens (including phenoxy) is 1. The van der Waals surface area contributed by atoms with Crippen LogP contribution in [0, 0.1) is 0 Å². The van der Waals surface area contributed by atoms with Gasteiger partial charge in [0.25, 0.3) is 5.56 Å². The van der Waals surface area contributed by atoms with Crippen molar-refractivity contribution in [1.29, 1.82) is 0 Å². The molecule has 5 aromatic heterocycles. The third kappa shape index (κ3) is 5.92. The number of rotatable bonds is 10. The smallest absolute Gasteiger partial charge is 0.413 e. The van der Waals surface area contributed by atoms with Gasteiger partial charge in [0, 0.05) is 68.2 Å². The number of carbonyl (C=O) groups is 1. The van der Waals surface area contributed by atoms with Crippen molar-refractivity contribution < 1.29 is 14.6 Å². The van der Waals surface area contributed by atoms with Crippen LogP contribution in [0.4, 0.5) is 16.3 Å².